The third kappa shape index (κ3) is 4.05. The summed E-state index contributed by atoms with van der Waals surface area (Å²) in [6.45, 7) is 2.93. The number of rotatable bonds is 7. The lowest BCUT2D eigenvalue weighted by Gasteiger charge is -2.11. The van der Waals surface area contributed by atoms with Gasteiger partial charge in [-0.05, 0) is 25.5 Å². The molecule has 6 heteroatoms. The fraction of sp³-hybridized carbons (Fsp3) is 0.333. The van der Waals surface area contributed by atoms with Crippen LogP contribution in [0.15, 0.2) is 30.6 Å². The van der Waals surface area contributed by atoms with Crippen LogP contribution < -0.4 is 10.6 Å². The molecule has 2 rings (SSSR count). The molecule has 5 nitrogen and oxygen atoms in total. The Balaban J connectivity index is 1.89. The van der Waals surface area contributed by atoms with Crippen molar-refractivity contribution in [2.24, 2.45) is 0 Å². The van der Waals surface area contributed by atoms with Gasteiger partial charge in [0.15, 0.2) is 0 Å². The third-order valence-electron chi connectivity index (χ3n) is 3.04. The number of halogens is 1. The first-order chi connectivity index (χ1) is 10.2. The summed E-state index contributed by atoms with van der Waals surface area (Å²) in [6, 6.07) is 4.49. The van der Waals surface area contributed by atoms with Gasteiger partial charge >= 0.3 is 0 Å². The fourth-order valence-corrected chi connectivity index (χ4v) is 2.06. The van der Waals surface area contributed by atoms with E-state index in [-0.39, 0.29) is 11.6 Å². The van der Waals surface area contributed by atoms with Crippen molar-refractivity contribution < 1.29 is 9.18 Å². The van der Waals surface area contributed by atoms with Crippen LogP contribution in [0.2, 0.25) is 0 Å². The lowest BCUT2D eigenvalue weighted by Crippen LogP contribution is -2.26. The van der Waals surface area contributed by atoms with Gasteiger partial charge in [0.25, 0.3) is 5.91 Å². The molecule has 0 atom stereocenters. The Labute approximate surface area is 123 Å². The van der Waals surface area contributed by atoms with Gasteiger partial charge in [-0.25, -0.2) is 9.37 Å². The molecule has 0 saturated carbocycles. The highest BCUT2D eigenvalue weighted by molar-refractivity contribution is 5.99. The first kappa shape index (κ1) is 15.0. The number of nitrogens with one attached hydrogen (secondary N) is 3. The largest absolute Gasteiger partial charge is 0.382 e. The summed E-state index contributed by atoms with van der Waals surface area (Å²) < 4.78 is 13.7. The van der Waals surface area contributed by atoms with Gasteiger partial charge in [-0.1, -0.05) is 6.07 Å². The highest BCUT2D eigenvalue weighted by Gasteiger charge is 2.14. The Morgan fingerprint density at radius 2 is 2.29 bits per heavy atom. The summed E-state index contributed by atoms with van der Waals surface area (Å²) in [4.78, 5) is 19.2. The summed E-state index contributed by atoms with van der Waals surface area (Å²) in [5.41, 5.74) is 0.582. The summed E-state index contributed by atoms with van der Waals surface area (Å²) >= 11 is 0. The molecular formula is C15H19FN4O. The molecule has 1 aromatic carbocycles. The van der Waals surface area contributed by atoms with E-state index < -0.39 is 5.82 Å². The summed E-state index contributed by atoms with van der Waals surface area (Å²) in [5.74, 6) is 0.202. The molecule has 0 aliphatic heterocycles. The Kier molecular flexibility index (Phi) is 5.31. The van der Waals surface area contributed by atoms with Crippen LogP contribution in [-0.2, 0) is 6.42 Å². The second-order valence-corrected chi connectivity index (χ2v) is 4.59. The molecule has 1 amide bonds. The number of carbonyl (C=O) groups excluding carboxylic acids is 1. The first-order valence-corrected chi connectivity index (χ1v) is 7.01. The van der Waals surface area contributed by atoms with Crippen molar-refractivity contribution in [3.8, 4) is 0 Å². The van der Waals surface area contributed by atoms with Crippen LogP contribution in [0.25, 0.3) is 0 Å². The topological polar surface area (TPSA) is 69.8 Å². The van der Waals surface area contributed by atoms with Gasteiger partial charge in [0, 0.05) is 31.9 Å². The standard InChI is InChI=1S/C15H19FN4O/c1-2-17-14-11(5-3-6-12(14)16)15(21)20-8-4-7-13-18-9-10-19-13/h3,5-6,9-10,17H,2,4,7-8H2,1H3,(H,18,19)(H,20,21). The molecule has 21 heavy (non-hydrogen) atoms. The molecule has 1 heterocycles. The minimum Gasteiger partial charge on any atom is -0.382 e. The molecule has 0 aliphatic carbocycles. The van der Waals surface area contributed by atoms with Crippen LogP contribution in [0.5, 0.6) is 0 Å². The SMILES string of the molecule is CCNc1c(F)cccc1C(=O)NCCCc1ncc[nH]1. The molecule has 0 aliphatic rings. The number of H-pyrrole nitrogens is 1. The molecular weight excluding hydrogens is 271 g/mol. The van der Waals surface area contributed by atoms with Crippen LogP contribution >= 0.6 is 0 Å². The van der Waals surface area contributed by atoms with Crippen LogP contribution in [0.3, 0.4) is 0 Å². The Bertz CT molecular complexity index is 583. The normalized spacial score (nSPS) is 10.4. The van der Waals surface area contributed by atoms with Crippen molar-refractivity contribution >= 4 is 11.6 Å². The van der Waals surface area contributed by atoms with Crippen molar-refractivity contribution in [1.29, 1.82) is 0 Å². The number of benzene rings is 1. The second-order valence-electron chi connectivity index (χ2n) is 4.59. The van der Waals surface area contributed by atoms with Crippen molar-refractivity contribution in [2.45, 2.75) is 19.8 Å². The highest BCUT2D eigenvalue weighted by atomic mass is 19.1. The van der Waals surface area contributed by atoms with Crippen molar-refractivity contribution in [3.05, 3.63) is 47.8 Å². The fourth-order valence-electron chi connectivity index (χ4n) is 2.06. The maximum Gasteiger partial charge on any atom is 0.253 e. The molecule has 1 aromatic heterocycles. The van der Waals surface area contributed by atoms with Crippen LogP contribution in [0, 0.1) is 5.82 Å². The molecule has 0 fully saturated rings. The molecule has 0 saturated heterocycles. The molecule has 112 valence electrons. The number of aromatic nitrogens is 2. The van der Waals surface area contributed by atoms with Crippen molar-refractivity contribution in [3.63, 3.8) is 0 Å². The zero-order valence-corrected chi connectivity index (χ0v) is 11.9. The Morgan fingerprint density at radius 1 is 1.43 bits per heavy atom. The molecule has 0 spiro atoms. The summed E-state index contributed by atoms with van der Waals surface area (Å²) in [7, 11) is 0. The number of hydrogen-bond acceptors (Lipinski definition) is 3. The van der Waals surface area contributed by atoms with E-state index in [1.807, 2.05) is 6.92 Å². The third-order valence-corrected chi connectivity index (χ3v) is 3.04. The number of nitrogens with zero attached hydrogens (tertiary/aromatic N) is 1. The predicted octanol–water partition coefficient (Wildman–Crippen LogP) is 2.34. The number of aromatic amines is 1. The van der Waals surface area contributed by atoms with Crippen molar-refractivity contribution in [2.75, 3.05) is 18.4 Å². The molecule has 0 bridgehead atoms. The molecule has 3 N–H and O–H groups in total. The smallest absolute Gasteiger partial charge is 0.253 e. The zero-order chi connectivity index (χ0) is 15.1. The quantitative estimate of drug-likeness (QED) is 0.686. The maximum atomic E-state index is 13.7. The van der Waals surface area contributed by atoms with Gasteiger partial charge in [-0.2, -0.15) is 0 Å². The highest BCUT2D eigenvalue weighted by Crippen LogP contribution is 2.19. The molecule has 0 unspecified atom stereocenters. The average molecular weight is 290 g/mol. The number of anilines is 1. The van der Waals surface area contributed by atoms with E-state index in [0.717, 1.165) is 18.7 Å². The van der Waals surface area contributed by atoms with Crippen LogP contribution in [0.1, 0.15) is 29.5 Å². The number of imidazole rings is 1. The number of para-hydroxylation sites is 1. The summed E-state index contributed by atoms with van der Waals surface area (Å²) in [5, 5.41) is 5.69. The lowest BCUT2D eigenvalue weighted by molar-refractivity contribution is 0.0953. The van der Waals surface area contributed by atoms with Gasteiger partial charge in [-0.15, -0.1) is 0 Å². The molecule has 2 aromatic rings. The van der Waals surface area contributed by atoms with E-state index in [4.69, 9.17) is 0 Å². The minimum absolute atomic E-state index is 0.253. The van der Waals surface area contributed by atoms with Crippen molar-refractivity contribution in [1.82, 2.24) is 15.3 Å². The van der Waals surface area contributed by atoms with Crippen LogP contribution in [0.4, 0.5) is 10.1 Å². The van der Waals surface area contributed by atoms with Gasteiger partial charge in [0.05, 0.1) is 11.3 Å². The number of carbonyl (C=O) groups is 1. The first-order valence-electron chi connectivity index (χ1n) is 7.01. The number of amides is 1. The zero-order valence-electron chi connectivity index (χ0n) is 11.9. The Morgan fingerprint density at radius 3 is 3.00 bits per heavy atom. The van der Waals surface area contributed by atoms with E-state index in [2.05, 4.69) is 20.6 Å². The van der Waals surface area contributed by atoms with Gasteiger partial charge in [0.1, 0.15) is 11.6 Å². The van der Waals surface area contributed by atoms with Crippen LogP contribution in [-0.4, -0.2) is 29.0 Å². The average Bonchev–Trinajstić information content (AvgIpc) is 2.99. The number of aryl methyl sites for hydroxylation is 1. The van der Waals surface area contributed by atoms with E-state index in [1.54, 1.807) is 18.5 Å². The molecule has 0 radical (unpaired) electrons. The minimum atomic E-state index is -0.417. The van der Waals surface area contributed by atoms with Gasteiger partial charge < -0.3 is 15.6 Å². The summed E-state index contributed by atoms with van der Waals surface area (Å²) in [6.07, 6.45) is 4.99. The number of hydrogen-bond donors (Lipinski definition) is 3. The van der Waals surface area contributed by atoms with E-state index in [1.165, 1.54) is 12.1 Å². The second kappa shape index (κ2) is 7.42. The van der Waals surface area contributed by atoms with E-state index >= 15 is 0 Å². The van der Waals surface area contributed by atoms with Gasteiger partial charge in [-0.3, -0.25) is 4.79 Å². The van der Waals surface area contributed by atoms with Gasteiger partial charge in [0.2, 0.25) is 0 Å². The monoisotopic (exact) mass is 290 g/mol. The predicted molar refractivity (Wildman–Crippen MR) is 79.8 cm³/mol. The van der Waals surface area contributed by atoms with E-state index in [0.29, 0.717) is 18.7 Å². The Hall–Kier alpha value is -2.37. The van der Waals surface area contributed by atoms with E-state index in [9.17, 15) is 9.18 Å². The lowest BCUT2D eigenvalue weighted by atomic mass is 10.1. The maximum absolute atomic E-state index is 13.7.